The molecule has 2 aliphatic rings. The van der Waals surface area contributed by atoms with Crippen molar-refractivity contribution in [3.63, 3.8) is 0 Å². The fraction of sp³-hybridized carbons (Fsp3) is 0.379. The van der Waals surface area contributed by atoms with Crippen LogP contribution in [-0.2, 0) is 20.7 Å². The molecule has 3 heterocycles. The summed E-state index contributed by atoms with van der Waals surface area (Å²) in [5, 5.41) is 5.58. The van der Waals surface area contributed by atoms with Crippen LogP contribution in [0.3, 0.4) is 0 Å². The topological polar surface area (TPSA) is 102 Å². The number of aliphatic imine (C=N–C) groups is 1. The van der Waals surface area contributed by atoms with Crippen molar-refractivity contribution in [3.05, 3.63) is 76.2 Å². The molecule has 1 aromatic carbocycles. The van der Waals surface area contributed by atoms with E-state index in [9.17, 15) is 9.59 Å². The van der Waals surface area contributed by atoms with Gasteiger partial charge in [0.25, 0.3) is 0 Å². The van der Waals surface area contributed by atoms with Crippen LogP contribution in [0.4, 0.5) is 0 Å². The Bertz CT molecular complexity index is 1330. The van der Waals surface area contributed by atoms with Gasteiger partial charge in [-0.25, -0.2) is 9.79 Å². The number of hydrogen-bond acceptors (Lipinski definition) is 9. The van der Waals surface area contributed by atoms with Gasteiger partial charge in [0, 0.05) is 30.6 Å². The SMILES string of the molecule is COc1ccc([C@@H]2C(C(=O)OC(C)(C)C)=C(C)N=C3SC=C(CC(=O)NCCc4ccccn4)N32)cc1OC. The summed E-state index contributed by atoms with van der Waals surface area (Å²) in [4.78, 5) is 37.5. The number of amides is 1. The molecule has 1 aromatic heterocycles. The molecule has 206 valence electrons. The third kappa shape index (κ3) is 6.62. The maximum absolute atomic E-state index is 13.5. The van der Waals surface area contributed by atoms with Crippen molar-refractivity contribution in [1.82, 2.24) is 15.2 Å². The first-order valence-electron chi connectivity index (χ1n) is 12.7. The predicted octanol–water partition coefficient (Wildman–Crippen LogP) is 4.76. The van der Waals surface area contributed by atoms with Crippen molar-refractivity contribution in [2.24, 2.45) is 4.99 Å². The molecule has 1 N–H and O–H groups in total. The first-order chi connectivity index (χ1) is 18.6. The molecule has 4 rings (SSSR count). The van der Waals surface area contributed by atoms with Crippen LogP contribution in [0, 0.1) is 0 Å². The lowest BCUT2D eigenvalue weighted by molar-refractivity contribution is -0.150. The Morgan fingerprint density at radius 3 is 2.54 bits per heavy atom. The second-order valence-electron chi connectivity index (χ2n) is 10.1. The molecule has 9 nitrogen and oxygen atoms in total. The molecule has 0 saturated heterocycles. The van der Waals surface area contributed by atoms with Crippen LogP contribution in [0.25, 0.3) is 0 Å². The molecule has 0 spiro atoms. The Kier molecular flexibility index (Phi) is 8.64. The zero-order valence-electron chi connectivity index (χ0n) is 23.1. The summed E-state index contributed by atoms with van der Waals surface area (Å²) in [5.41, 5.74) is 2.71. The van der Waals surface area contributed by atoms with Gasteiger partial charge in [-0.1, -0.05) is 23.9 Å². The van der Waals surface area contributed by atoms with E-state index in [1.54, 1.807) is 33.4 Å². The molecular weight excluding hydrogens is 516 g/mol. The van der Waals surface area contributed by atoms with Gasteiger partial charge in [0.2, 0.25) is 5.91 Å². The van der Waals surface area contributed by atoms with Crippen molar-refractivity contribution >= 4 is 28.8 Å². The van der Waals surface area contributed by atoms with Gasteiger partial charge < -0.3 is 24.4 Å². The van der Waals surface area contributed by atoms with Crippen molar-refractivity contribution < 1.29 is 23.8 Å². The molecule has 10 heteroatoms. The first kappa shape index (κ1) is 28.2. The maximum Gasteiger partial charge on any atom is 0.338 e. The van der Waals surface area contributed by atoms with Gasteiger partial charge in [0.15, 0.2) is 16.7 Å². The summed E-state index contributed by atoms with van der Waals surface area (Å²) in [6.45, 7) is 7.76. The number of ether oxygens (including phenoxy) is 3. The number of aromatic nitrogens is 1. The van der Waals surface area contributed by atoms with Gasteiger partial charge >= 0.3 is 5.97 Å². The van der Waals surface area contributed by atoms with Crippen LogP contribution in [0.15, 0.2) is 70.0 Å². The molecule has 1 atom stereocenters. The molecule has 0 fully saturated rings. The highest BCUT2D eigenvalue weighted by Gasteiger charge is 2.42. The van der Waals surface area contributed by atoms with Gasteiger partial charge in [0.1, 0.15) is 5.60 Å². The van der Waals surface area contributed by atoms with Crippen molar-refractivity contribution in [3.8, 4) is 11.5 Å². The number of carbonyl (C=O) groups is 2. The molecule has 39 heavy (non-hydrogen) atoms. The highest BCUT2D eigenvalue weighted by molar-refractivity contribution is 8.16. The Morgan fingerprint density at radius 1 is 1.10 bits per heavy atom. The van der Waals surface area contributed by atoms with Crippen LogP contribution in [0.2, 0.25) is 0 Å². The number of thioether (sulfide) groups is 1. The zero-order valence-corrected chi connectivity index (χ0v) is 23.9. The van der Waals surface area contributed by atoms with E-state index in [0.29, 0.717) is 40.9 Å². The number of allylic oxidation sites excluding steroid dienone is 1. The lowest BCUT2D eigenvalue weighted by Crippen LogP contribution is -2.39. The van der Waals surface area contributed by atoms with E-state index < -0.39 is 17.6 Å². The number of nitrogens with one attached hydrogen (secondary N) is 1. The zero-order chi connectivity index (χ0) is 28.2. The van der Waals surface area contributed by atoms with Crippen LogP contribution < -0.4 is 14.8 Å². The van der Waals surface area contributed by atoms with E-state index in [2.05, 4.69) is 10.3 Å². The predicted molar refractivity (Wildman–Crippen MR) is 151 cm³/mol. The lowest BCUT2D eigenvalue weighted by Gasteiger charge is -2.37. The van der Waals surface area contributed by atoms with Crippen molar-refractivity contribution in [2.45, 2.75) is 52.2 Å². The van der Waals surface area contributed by atoms with Crippen LogP contribution >= 0.6 is 11.8 Å². The Hall–Kier alpha value is -3.79. The quantitative estimate of drug-likeness (QED) is 0.446. The molecule has 0 radical (unpaired) electrons. The van der Waals surface area contributed by atoms with E-state index in [0.717, 1.165) is 17.0 Å². The standard InChI is InChI=1S/C29H34N4O5S/c1-18-25(27(35)38-29(2,3)4)26(19-10-11-22(36-5)23(15-19)37-6)33-21(17-39-28(33)32-18)16-24(34)31-14-12-20-9-7-8-13-30-20/h7-11,13,15,17,26H,12,14,16H2,1-6H3,(H,31,34)/t26-/m1/s1. The Balaban J connectivity index is 1.63. The van der Waals surface area contributed by atoms with Gasteiger partial charge in [-0.3, -0.25) is 9.78 Å². The molecule has 0 aliphatic carbocycles. The number of fused-ring (bicyclic) bond motifs is 1. The Labute approximate surface area is 233 Å². The molecule has 0 unspecified atom stereocenters. The molecule has 2 aromatic rings. The smallest absolute Gasteiger partial charge is 0.338 e. The van der Waals surface area contributed by atoms with Gasteiger partial charge in [-0.05, 0) is 62.9 Å². The number of pyridine rings is 1. The number of benzene rings is 1. The highest BCUT2D eigenvalue weighted by Crippen LogP contribution is 2.46. The van der Waals surface area contributed by atoms with Gasteiger partial charge in [0.05, 0.1) is 38.0 Å². The largest absolute Gasteiger partial charge is 0.493 e. The molecule has 2 aliphatic heterocycles. The number of hydrogen-bond donors (Lipinski definition) is 1. The van der Waals surface area contributed by atoms with Crippen LogP contribution in [-0.4, -0.2) is 53.3 Å². The number of amidine groups is 1. The van der Waals surface area contributed by atoms with Crippen molar-refractivity contribution in [2.75, 3.05) is 20.8 Å². The fourth-order valence-electron chi connectivity index (χ4n) is 4.41. The van der Waals surface area contributed by atoms with E-state index in [1.807, 2.05) is 61.4 Å². The van der Waals surface area contributed by atoms with Crippen molar-refractivity contribution in [1.29, 1.82) is 0 Å². The minimum absolute atomic E-state index is 0.124. The van der Waals surface area contributed by atoms with E-state index in [4.69, 9.17) is 19.2 Å². The minimum Gasteiger partial charge on any atom is -0.493 e. The van der Waals surface area contributed by atoms with E-state index in [-0.39, 0.29) is 12.3 Å². The first-order valence-corrected chi connectivity index (χ1v) is 13.6. The summed E-state index contributed by atoms with van der Waals surface area (Å²) in [6.07, 6.45) is 2.50. The number of nitrogens with zero attached hydrogens (tertiary/aromatic N) is 3. The number of esters is 1. The lowest BCUT2D eigenvalue weighted by atomic mass is 9.93. The second-order valence-corrected chi connectivity index (χ2v) is 10.9. The summed E-state index contributed by atoms with van der Waals surface area (Å²) < 4.78 is 16.8. The van der Waals surface area contributed by atoms with E-state index >= 15 is 0 Å². The third-order valence-corrected chi connectivity index (χ3v) is 7.00. The summed E-state index contributed by atoms with van der Waals surface area (Å²) in [5.74, 6) is 0.517. The fourth-order valence-corrected chi connectivity index (χ4v) is 5.37. The summed E-state index contributed by atoms with van der Waals surface area (Å²) >= 11 is 1.43. The molecule has 0 bridgehead atoms. The third-order valence-electron chi connectivity index (χ3n) is 6.11. The maximum atomic E-state index is 13.5. The monoisotopic (exact) mass is 550 g/mol. The number of rotatable bonds is 9. The summed E-state index contributed by atoms with van der Waals surface area (Å²) in [7, 11) is 3.14. The molecular formula is C29H34N4O5S. The minimum atomic E-state index is -0.692. The van der Waals surface area contributed by atoms with Gasteiger partial charge in [-0.2, -0.15) is 0 Å². The second kappa shape index (κ2) is 11.9. The molecule has 1 amide bonds. The average molecular weight is 551 g/mol. The highest BCUT2D eigenvalue weighted by atomic mass is 32.2. The Morgan fingerprint density at radius 2 is 1.87 bits per heavy atom. The summed E-state index contributed by atoms with van der Waals surface area (Å²) in [6, 6.07) is 10.7. The van der Waals surface area contributed by atoms with Crippen LogP contribution in [0.1, 0.15) is 51.4 Å². The van der Waals surface area contributed by atoms with Crippen LogP contribution in [0.5, 0.6) is 11.5 Å². The normalized spacial score (nSPS) is 16.8. The average Bonchev–Trinajstić information content (AvgIpc) is 3.28. The number of methoxy groups -OCH3 is 2. The molecule has 0 saturated carbocycles. The van der Waals surface area contributed by atoms with Gasteiger partial charge in [-0.15, -0.1) is 0 Å². The van der Waals surface area contributed by atoms with E-state index in [1.165, 1.54) is 11.8 Å². The number of carbonyl (C=O) groups excluding carboxylic acids is 2.